The maximum Gasteiger partial charge on any atom is 0.330 e. The van der Waals surface area contributed by atoms with Gasteiger partial charge in [0.2, 0.25) is 0 Å². The Bertz CT molecular complexity index is 696. The molecular weight excluding hydrogens is 290 g/mol. The number of aromatic nitrogens is 1. The molecule has 0 spiro atoms. The maximum absolute atomic E-state index is 11.4. The molecule has 23 heavy (non-hydrogen) atoms. The van der Waals surface area contributed by atoms with Crippen LogP contribution >= 0.6 is 0 Å². The Morgan fingerprint density at radius 2 is 2.04 bits per heavy atom. The van der Waals surface area contributed by atoms with Crippen LogP contribution in [0.3, 0.4) is 0 Å². The molecule has 2 aromatic rings. The van der Waals surface area contributed by atoms with E-state index in [9.17, 15) is 4.79 Å². The number of ether oxygens (including phenoxy) is 1. The highest BCUT2D eigenvalue weighted by molar-refractivity contribution is 5.88. The highest BCUT2D eigenvalue weighted by Crippen LogP contribution is 2.31. The van der Waals surface area contributed by atoms with Gasteiger partial charge in [0.15, 0.2) is 11.5 Å². The molecule has 4 heteroatoms. The number of hydrogen-bond donors (Lipinski definition) is 0. The van der Waals surface area contributed by atoms with Gasteiger partial charge in [-0.05, 0) is 36.1 Å². The van der Waals surface area contributed by atoms with Crippen LogP contribution < -0.4 is 0 Å². The largest absolute Gasteiger partial charge is 0.463 e. The predicted octanol–water partition coefficient (Wildman–Crippen LogP) is 4.77. The van der Waals surface area contributed by atoms with E-state index in [0.29, 0.717) is 6.61 Å². The highest BCUT2D eigenvalue weighted by atomic mass is 16.5. The first-order valence-electron chi connectivity index (χ1n) is 8.24. The van der Waals surface area contributed by atoms with Gasteiger partial charge in [-0.3, -0.25) is 0 Å². The van der Waals surface area contributed by atoms with Gasteiger partial charge in [-0.2, -0.15) is 0 Å². The van der Waals surface area contributed by atoms with Gasteiger partial charge in [0, 0.05) is 12.5 Å². The normalized spacial score (nSPS) is 12.2. The van der Waals surface area contributed by atoms with Crippen molar-refractivity contribution in [2.75, 3.05) is 6.61 Å². The van der Waals surface area contributed by atoms with Crippen LogP contribution in [0.4, 0.5) is 0 Å². The van der Waals surface area contributed by atoms with Gasteiger partial charge in [0.25, 0.3) is 0 Å². The van der Waals surface area contributed by atoms with E-state index in [0.717, 1.165) is 41.8 Å². The van der Waals surface area contributed by atoms with Gasteiger partial charge >= 0.3 is 5.97 Å². The summed E-state index contributed by atoms with van der Waals surface area (Å²) >= 11 is 0. The molecule has 0 bridgehead atoms. The Morgan fingerprint density at radius 3 is 2.70 bits per heavy atom. The average Bonchev–Trinajstić information content (AvgIpc) is 2.94. The fraction of sp³-hybridized carbons (Fsp3) is 0.474. The van der Waals surface area contributed by atoms with E-state index in [1.54, 1.807) is 13.0 Å². The molecule has 0 radical (unpaired) electrons. The molecule has 0 amide bonds. The van der Waals surface area contributed by atoms with E-state index < -0.39 is 0 Å². The first kappa shape index (κ1) is 17.3. The third kappa shape index (κ3) is 4.44. The summed E-state index contributed by atoms with van der Waals surface area (Å²) < 4.78 is 10.7. The molecule has 0 unspecified atom stereocenters. The van der Waals surface area contributed by atoms with Crippen LogP contribution in [-0.4, -0.2) is 17.6 Å². The summed E-state index contributed by atoms with van der Waals surface area (Å²) in [5.74, 6) is 0.438. The monoisotopic (exact) mass is 315 g/mol. The van der Waals surface area contributed by atoms with E-state index in [1.165, 1.54) is 6.08 Å². The molecular formula is C19H25NO3. The van der Waals surface area contributed by atoms with E-state index in [2.05, 4.69) is 25.8 Å². The minimum Gasteiger partial charge on any atom is -0.463 e. The zero-order chi connectivity index (χ0) is 16.9. The first-order valence-corrected chi connectivity index (χ1v) is 8.24. The summed E-state index contributed by atoms with van der Waals surface area (Å²) in [5.41, 5.74) is 2.72. The van der Waals surface area contributed by atoms with E-state index in [-0.39, 0.29) is 11.4 Å². The summed E-state index contributed by atoms with van der Waals surface area (Å²) in [6, 6.07) is 5.73. The van der Waals surface area contributed by atoms with Gasteiger partial charge in [-0.1, -0.05) is 39.7 Å². The SMILES string of the molecule is CCOC(=O)C=Cc1ccc2oc(CC(C)(CC)CC)nc2c1. The first-order chi connectivity index (χ1) is 11.0. The topological polar surface area (TPSA) is 52.3 Å². The number of nitrogens with zero attached hydrogens (tertiary/aromatic N) is 1. The average molecular weight is 315 g/mol. The Balaban J connectivity index is 2.19. The molecule has 4 nitrogen and oxygen atoms in total. The zero-order valence-electron chi connectivity index (χ0n) is 14.4. The second kappa shape index (κ2) is 7.44. The van der Waals surface area contributed by atoms with Crippen molar-refractivity contribution in [3.63, 3.8) is 0 Å². The zero-order valence-corrected chi connectivity index (χ0v) is 14.4. The summed E-state index contributed by atoms with van der Waals surface area (Å²) in [6.07, 6.45) is 6.18. The van der Waals surface area contributed by atoms with Crippen LogP contribution in [0.2, 0.25) is 0 Å². The lowest BCUT2D eigenvalue weighted by Crippen LogP contribution is -2.17. The van der Waals surface area contributed by atoms with Gasteiger partial charge in [0.1, 0.15) is 5.52 Å². The number of carbonyl (C=O) groups is 1. The molecule has 124 valence electrons. The number of rotatable bonds is 7. The van der Waals surface area contributed by atoms with E-state index in [4.69, 9.17) is 9.15 Å². The van der Waals surface area contributed by atoms with Crippen molar-refractivity contribution in [2.24, 2.45) is 5.41 Å². The van der Waals surface area contributed by atoms with Crippen LogP contribution in [0.25, 0.3) is 17.2 Å². The highest BCUT2D eigenvalue weighted by Gasteiger charge is 2.23. The van der Waals surface area contributed by atoms with Crippen LogP contribution in [0.5, 0.6) is 0 Å². The molecule has 1 aromatic carbocycles. The number of hydrogen-bond acceptors (Lipinski definition) is 4. The number of fused-ring (bicyclic) bond motifs is 1. The lowest BCUT2D eigenvalue weighted by Gasteiger charge is -2.24. The van der Waals surface area contributed by atoms with Crippen molar-refractivity contribution in [3.05, 3.63) is 35.7 Å². The van der Waals surface area contributed by atoms with Crippen molar-refractivity contribution in [3.8, 4) is 0 Å². The molecule has 1 heterocycles. The van der Waals surface area contributed by atoms with Crippen molar-refractivity contribution < 1.29 is 13.9 Å². The number of carbonyl (C=O) groups excluding carboxylic acids is 1. The molecule has 0 aliphatic heterocycles. The molecule has 0 saturated heterocycles. The Morgan fingerprint density at radius 1 is 1.30 bits per heavy atom. The van der Waals surface area contributed by atoms with Crippen LogP contribution in [-0.2, 0) is 16.0 Å². The molecule has 0 N–H and O–H groups in total. The number of esters is 1. The number of benzene rings is 1. The molecule has 0 fully saturated rings. The summed E-state index contributed by atoms with van der Waals surface area (Å²) in [6.45, 7) is 8.82. The van der Waals surface area contributed by atoms with Crippen molar-refractivity contribution in [1.82, 2.24) is 4.98 Å². The third-order valence-corrected chi connectivity index (χ3v) is 4.44. The second-order valence-corrected chi connectivity index (χ2v) is 6.11. The summed E-state index contributed by atoms with van der Waals surface area (Å²) in [4.78, 5) is 16.0. The quantitative estimate of drug-likeness (QED) is 0.545. The smallest absolute Gasteiger partial charge is 0.330 e. The Kier molecular flexibility index (Phi) is 5.59. The molecule has 1 aromatic heterocycles. The fourth-order valence-electron chi connectivity index (χ4n) is 2.39. The lowest BCUT2D eigenvalue weighted by molar-refractivity contribution is -0.137. The van der Waals surface area contributed by atoms with Crippen LogP contribution in [0.1, 0.15) is 52.0 Å². The molecule has 0 aliphatic carbocycles. The Hall–Kier alpha value is -2.10. The van der Waals surface area contributed by atoms with Crippen LogP contribution in [0, 0.1) is 5.41 Å². The third-order valence-electron chi connectivity index (χ3n) is 4.44. The maximum atomic E-state index is 11.4. The van der Waals surface area contributed by atoms with Crippen molar-refractivity contribution >= 4 is 23.1 Å². The van der Waals surface area contributed by atoms with Gasteiger partial charge < -0.3 is 9.15 Å². The lowest BCUT2D eigenvalue weighted by atomic mass is 9.81. The molecule has 0 saturated carbocycles. The number of oxazole rings is 1. The molecule has 2 rings (SSSR count). The minimum atomic E-state index is -0.338. The summed E-state index contributed by atoms with van der Waals surface area (Å²) in [7, 11) is 0. The molecule has 0 aliphatic rings. The summed E-state index contributed by atoms with van der Waals surface area (Å²) in [5, 5.41) is 0. The molecule has 0 atom stereocenters. The van der Waals surface area contributed by atoms with Gasteiger partial charge in [0.05, 0.1) is 6.61 Å². The van der Waals surface area contributed by atoms with E-state index in [1.807, 2.05) is 18.2 Å². The van der Waals surface area contributed by atoms with Crippen molar-refractivity contribution in [2.45, 2.75) is 47.0 Å². The minimum absolute atomic E-state index is 0.216. The second-order valence-electron chi connectivity index (χ2n) is 6.11. The standard InChI is InChI=1S/C19H25NO3/c1-5-19(4,6-2)13-17-20-15-12-14(8-10-16(15)23-17)9-11-18(21)22-7-3/h8-12H,5-7,13H2,1-4H3. The van der Waals surface area contributed by atoms with Gasteiger partial charge in [-0.15, -0.1) is 0 Å². The van der Waals surface area contributed by atoms with Gasteiger partial charge in [-0.25, -0.2) is 9.78 Å². The van der Waals surface area contributed by atoms with E-state index >= 15 is 0 Å². The van der Waals surface area contributed by atoms with Crippen molar-refractivity contribution in [1.29, 1.82) is 0 Å². The Labute approximate surface area is 137 Å². The predicted molar refractivity (Wildman–Crippen MR) is 92.1 cm³/mol. The fourth-order valence-corrected chi connectivity index (χ4v) is 2.39. The van der Waals surface area contributed by atoms with Crippen LogP contribution in [0.15, 0.2) is 28.7 Å².